The molecule has 1 heterocycles. The summed E-state index contributed by atoms with van der Waals surface area (Å²) in [5.74, 6) is 1.82. The topological polar surface area (TPSA) is 42.7 Å². The van der Waals surface area contributed by atoms with Crippen molar-refractivity contribution in [2.75, 3.05) is 6.54 Å². The first-order valence-corrected chi connectivity index (χ1v) is 6.83. The van der Waals surface area contributed by atoms with Gasteiger partial charge in [-0.15, -0.1) is 0 Å². The normalized spacial score (nSPS) is 19.4. The SMILES string of the molecule is CC(NCCc1ncn(C)n1)C1CCCCC1. The molecular formula is C13H24N4. The number of aryl methyl sites for hydroxylation is 1. The van der Waals surface area contributed by atoms with E-state index in [1.165, 1.54) is 32.1 Å². The third kappa shape index (κ3) is 3.80. The molecule has 0 aromatic carbocycles. The highest BCUT2D eigenvalue weighted by Gasteiger charge is 2.19. The van der Waals surface area contributed by atoms with Crippen LogP contribution in [-0.4, -0.2) is 27.4 Å². The van der Waals surface area contributed by atoms with E-state index < -0.39 is 0 Å². The molecule has 4 nitrogen and oxygen atoms in total. The second-order valence-corrected chi connectivity index (χ2v) is 5.23. The molecule has 0 radical (unpaired) electrons. The molecule has 1 aliphatic rings. The molecule has 0 aliphatic heterocycles. The lowest BCUT2D eigenvalue weighted by Gasteiger charge is -2.28. The number of rotatable bonds is 5. The van der Waals surface area contributed by atoms with Crippen molar-refractivity contribution < 1.29 is 0 Å². The molecule has 4 heteroatoms. The van der Waals surface area contributed by atoms with Crippen molar-refractivity contribution in [3.05, 3.63) is 12.2 Å². The highest BCUT2D eigenvalue weighted by atomic mass is 15.3. The molecule has 1 N–H and O–H groups in total. The second-order valence-electron chi connectivity index (χ2n) is 5.23. The fraction of sp³-hybridized carbons (Fsp3) is 0.846. The zero-order chi connectivity index (χ0) is 12.1. The molecule has 1 unspecified atom stereocenters. The Morgan fingerprint density at radius 2 is 2.18 bits per heavy atom. The van der Waals surface area contributed by atoms with Crippen LogP contribution in [0.3, 0.4) is 0 Å². The predicted octanol–water partition coefficient (Wildman–Crippen LogP) is 1.92. The van der Waals surface area contributed by atoms with Crippen LogP contribution in [0.15, 0.2) is 6.33 Å². The van der Waals surface area contributed by atoms with E-state index in [0.717, 1.165) is 24.7 Å². The van der Waals surface area contributed by atoms with Crippen LogP contribution in [0.4, 0.5) is 0 Å². The van der Waals surface area contributed by atoms with Crippen molar-refractivity contribution >= 4 is 0 Å². The Hall–Kier alpha value is -0.900. The van der Waals surface area contributed by atoms with Gasteiger partial charge >= 0.3 is 0 Å². The van der Waals surface area contributed by atoms with Gasteiger partial charge in [0.05, 0.1) is 0 Å². The van der Waals surface area contributed by atoms with Gasteiger partial charge in [0.1, 0.15) is 6.33 Å². The number of nitrogens with zero attached hydrogens (tertiary/aromatic N) is 3. The van der Waals surface area contributed by atoms with Crippen LogP contribution in [0.1, 0.15) is 44.9 Å². The Morgan fingerprint density at radius 3 is 2.82 bits per heavy atom. The van der Waals surface area contributed by atoms with Gasteiger partial charge in [-0.2, -0.15) is 5.10 Å². The van der Waals surface area contributed by atoms with Gasteiger partial charge < -0.3 is 5.32 Å². The summed E-state index contributed by atoms with van der Waals surface area (Å²) >= 11 is 0. The van der Waals surface area contributed by atoms with Crippen LogP contribution < -0.4 is 5.32 Å². The maximum atomic E-state index is 4.29. The zero-order valence-corrected chi connectivity index (χ0v) is 11.0. The average Bonchev–Trinajstić information content (AvgIpc) is 2.76. The third-order valence-corrected chi connectivity index (χ3v) is 3.82. The quantitative estimate of drug-likeness (QED) is 0.849. The summed E-state index contributed by atoms with van der Waals surface area (Å²) in [4.78, 5) is 4.24. The first-order chi connectivity index (χ1) is 8.25. The summed E-state index contributed by atoms with van der Waals surface area (Å²) in [6, 6.07) is 0.638. The molecule has 17 heavy (non-hydrogen) atoms. The van der Waals surface area contributed by atoms with Crippen molar-refractivity contribution in [1.29, 1.82) is 0 Å². The van der Waals surface area contributed by atoms with Gasteiger partial charge in [-0.05, 0) is 25.7 Å². The van der Waals surface area contributed by atoms with Crippen molar-refractivity contribution in [2.24, 2.45) is 13.0 Å². The van der Waals surface area contributed by atoms with E-state index in [1.807, 2.05) is 7.05 Å². The molecule has 96 valence electrons. The summed E-state index contributed by atoms with van der Waals surface area (Å²) < 4.78 is 1.76. The largest absolute Gasteiger partial charge is 0.314 e. The molecule has 0 bridgehead atoms. The molecule has 1 aromatic rings. The van der Waals surface area contributed by atoms with Crippen molar-refractivity contribution in [2.45, 2.75) is 51.5 Å². The summed E-state index contributed by atoms with van der Waals surface area (Å²) in [5.41, 5.74) is 0. The maximum absolute atomic E-state index is 4.29. The first kappa shape index (κ1) is 12.6. The lowest BCUT2D eigenvalue weighted by molar-refractivity contribution is 0.282. The number of nitrogens with one attached hydrogen (secondary N) is 1. The van der Waals surface area contributed by atoms with E-state index >= 15 is 0 Å². The van der Waals surface area contributed by atoms with Gasteiger partial charge in [0.2, 0.25) is 0 Å². The fourth-order valence-corrected chi connectivity index (χ4v) is 2.71. The van der Waals surface area contributed by atoms with Crippen molar-refractivity contribution in [3.63, 3.8) is 0 Å². The van der Waals surface area contributed by atoms with Gasteiger partial charge in [0.15, 0.2) is 5.82 Å². The third-order valence-electron chi connectivity index (χ3n) is 3.82. The molecule has 1 atom stereocenters. The minimum atomic E-state index is 0.638. The monoisotopic (exact) mass is 236 g/mol. The lowest BCUT2D eigenvalue weighted by Crippen LogP contribution is -2.36. The van der Waals surface area contributed by atoms with E-state index in [4.69, 9.17) is 0 Å². The van der Waals surface area contributed by atoms with E-state index in [1.54, 1.807) is 11.0 Å². The summed E-state index contributed by atoms with van der Waals surface area (Å²) in [6.07, 6.45) is 9.75. The maximum Gasteiger partial charge on any atom is 0.151 e. The smallest absolute Gasteiger partial charge is 0.151 e. The molecule has 1 fully saturated rings. The standard InChI is InChI=1S/C13H24N4/c1-11(12-6-4-3-5-7-12)14-9-8-13-15-10-17(2)16-13/h10-12,14H,3-9H2,1-2H3. The second kappa shape index (κ2) is 6.15. The van der Waals surface area contributed by atoms with E-state index in [-0.39, 0.29) is 0 Å². The first-order valence-electron chi connectivity index (χ1n) is 6.83. The molecule has 0 saturated heterocycles. The molecule has 1 saturated carbocycles. The zero-order valence-electron chi connectivity index (χ0n) is 11.0. The lowest BCUT2D eigenvalue weighted by atomic mass is 9.84. The minimum absolute atomic E-state index is 0.638. The average molecular weight is 236 g/mol. The fourth-order valence-electron chi connectivity index (χ4n) is 2.71. The van der Waals surface area contributed by atoms with Gasteiger partial charge in [-0.1, -0.05) is 19.3 Å². The summed E-state index contributed by atoms with van der Waals surface area (Å²) in [7, 11) is 1.91. The summed E-state index contributed by atoms with van der Waals surface area (Å²) in [6.45, 7) is 3.31. The highest BCUT2D eigenvalue weighted by molar-refractivity contribution is 4.83. The number of hydrogen-bond acceptors (Lipinski definition) is 3. The Balaban J connectivity index is 1.67. The van der Waals surface area contributed by atoms with Crippen LogP contribution in [0.5, 0.6) is 0 Å². The Bertz CT molecular complexity index is 328. The van der Waals surface area contributed by atoms with E-state index in [9.17, 15) is 0 Å². The Morgan fingerprint density at radius 1 is 1.41 bits per heavy atom. The van der Waals surface area contributed by atoms with Crippen molar-refractivity contribution in [1.82, 2.24) is 20.1 Å². The molecule has 0 spiro atoms. The van der Waals surface area contributed by atoms with Crippen LogP contribution in [0, 0.1) is 5.92 Å². The Labute approximate surface area is 104 Å². The van der Waals surface area contributed by atoms with Gasteiger partial charge in [-0.25, -0.2) is 4.98 Å². The van der Waals surface area contributed by atoms with Crippen LogP contribution >= 0.6 is 0 Å². The van der Waals surface area contributed by atoms with Crippen LogP contribution in [0.25, 0.3) is 0 Å². The van der Waals surface area contributed by atoms with E-state index in [0.29, 0.717) is 6.04 Å². The molecular weight excluding hydrogens is 212 g/mol. The highest BCUT2D eigenvalue weighted by Crippen LogP contribution is 2.26. The van der Waals surface area contributed by atoms with Gasteiger partial charge in [0.25, 0.3) is 0 Å². The molecule has 1 aliphatic carbocycles. The molecule has 0 amide bonds. The van der Waals surface area contributed by atoms with E-state index in [2.05, 4.69) is 22.3 Å². The van der Waals surface area contributed by atoms with Crippen LogP contribution in [-0.2, 0) is 13.5 Å². The number of aromatic nitrogens is 3. The van der Waals surface area contributed by atoms with Gasteiger partial charge in [-0.3, -0.25) is 4.68 Å². The minimum Gasteiger partial charge on any atom is -0.314 e. The molecule has 2 rings (SSSR count). The Kier molecular flexibility index (Phi) is 4.54. The molecule has 1 aromatic heterocycles. The van der Waals surface area contributed by atoms with Crippen molar-refractivity contribution in [3.8, 4) is 0 Å². The predicted molar refractivity (Wildman–Crippen MR) is 68.7 cm³/mol. The summed E-state index contributed by atoms with van der Waals surface area (Å²) in [5, 5.41) is 7.91. The number of hydrogen-bond donors (Lipinski definition) is 1. The van der Waals surface area contributed by atoms with Gasteiger partial charge in [0, 0.05) is 26.1 Å². The van der Waals surface area contributed by atoms with Crippen LogP contribution in [0.2, 0.25) is 0 Å².